The standard InChI is InChI=1S/C13H18N2O4S2/c1-20-11-5-3-10(4-6-11)15-21(18,19)12-7-2-9(8-14-12)13(16)17/h2,7-8,10-11,15H,3-6H2,1H3,(H,16,17). The predicted octanol–water partition coefficient (Wildman–Crippen LogP) is 1.73. The van der Waals surface area contributed by atoms with Crippen molar-refractivity contribution in [1.82, 2.24) is 9.71 Å². The number of hydrogen-bond donors (Lipinski definition) is 2. The van der Waals surface area contributed by atoms with E-state index in [0.717, 1.165) is 31.9 Å². The van der Waals surface area contributed by atoms with E-state index in [-0.39, 0.29) is 16.6 Å². The third-order valence-corrected chi connectivity index (χ3v) is 6.16. The number of carboxylic acid groups (broad SMARTS) is 1. The Balaban J connectivity index is 2.03. The van der Waals surface area contributed by atoms with Crippen LogP contribution in [-0.2, 0) is 10.0 Å². The first kappa shape index (κ1) is 16.3. The summed E-state index contributed by atoms with van der Waals surface area (Å²) < 4.78 is 27.1. The van der Waals surface area contributed by atoms with Gasteiger partial charge in [-0.05, 0) is 44.1 Å². The summed E-state index contributed by atoms with van der Waals surface area (Å²) in [6, 6.07) is 2.40. The highest BCUT2D eigenvalue weighted by Crippen LogP contribution is 2.27. The van der Waals surface area contributed by atoms with E-state index in [1.807, 2.05) is 11.8 Å². The quantitative estimate of drug-likeness (QED) is 0.853. The van der Waals surface area contributed by atoms with Crippen LogP contribution < -0.4 is 4.72 Å². The average molecular weight is 330 g/mol. The third kappa shape index (κ3) is 4.18. The molecule has 1 aliphatic rings. The van der Waals surface area contributed by atoms with E-state index in [1.54, 1.807) is 0 Å². The van der Waals surface area contributed by atoms with Crippen molar-refractivity contribution >= 4 is 27.8 Å². The van der Waals surface area contributed by atoms with Gasteiger partial charge in [-0.3, -0.25) is 0 Å². The molecule has 2 N–H and O–H groups in total. The summed E-state index contributed by atoms with van der Waals surface area (Å²) in [7, 11) is -3.69. The minimum absolute atomic E-state index is 0.0329. The fourth-order valence-electron chi connectivity index (χ4n) is 2.36. The van der Waals surface area contributed by atoms with Crippen molar-refractivity contribution in [3.63, 3.8) is 0 Å². The van der Waals surface area contributed by atoms with Crippen LogP contribution in [0.25, 0.3) is 0 Å². The Morgan fingerprint density at radius 3 is 2.48 bits per heavy atom. The number of carbonyl (C=O) groups is 1. The zero-order valence-corrected chi connectivity index (χ0v) is 13.3. The first-order valence-electron chi connectivity index (χ1n) is 6.67. The highest BCUT2D eigenvalue weighted by Gasteiger charge is 2.26. The largest absolute Gasteiger partial charge is 0.478 e. The van der Waals surface area contributed by atoms with Gasteiger partial charge in [0.05, 0.1) is 5.56 Å². The van der Waals surface area contributed by atoms with E-state index in [4.69, 9.17) is 5.11 Å². The molecule has 0 spiro atoms. The van der Waals surface area contributed by atoms with Crippen LogP contribution in [0.15, 0.2) is 23.4 Å². The average Bonchev–Trinajstić information content (AvgIpc) is 2.48. The zero-order chi connectivity index (χ0) is 15.5. The second kappa shape index (κ2) is 6.76. The molecule has 1 heterocycles. The van der Waals surface area contributed by atoms with Gasteiger partial charge in [-0.2, -0.15) is 11.8 Å². The van der Waals surface area contributed by atoms with Crippen LogP contribution in [0.2, 0.25) is 0 Å². The summed E-state index contributed by atoms with van der Waals surface area (Å²) in [5.74, 6) is -1.13. The lowest BCUT2D eigenvalue weighted by atomic mass is 9.96. The van der Waals surface area contributed by atoms with Gasteiger partial charge in [0.2, 0.25) is 0 Å². The van der Waals surface area contributed by atoms with E-state index in [1.165, 1.54) is 12.1 Å². The lowest BCUT2D eigenvalue weighted by molar-refractivity contribution is 0.0696. The van der Waals surface area contributed by atoms with Gasteiger partial charge in [0.1, 0.15) is 0 Å². The molecule has 0 unspecified atom stereocenters. The Labute approximate surface area is 128 Å². The molecule has 8 heteroatoms. The second-order valence-electron chi connectivity index (χ2n) is 5.02. The monoisotopic (exact) mass is 330 g/mol. The summed E-state index contributed by atoms with van der Waals surface area (Å²) in [5.41, 5.74) is -0.0329. The van der Waals surface area contributed by atoms with Crippen LogP contribution >= 0.6 is 11.8 Å². The molecule has 1 fully saturated rings. The normalized spacial score (nSPS) is 22.9. The first-order chi connectivity index (χ1) is 9.92. The van der Waals surface area contributed by atoms with Gasteiger partial charge in [-0.15, -0.1) is 0 Å². The van der Waals surface area contributed by atoms with E-state index in [2.05, 4.69) is 16.0 Å². The van der Waals surface area contributed by atoms with Crippen molar-refractivity contribution in [2.24, 2.45) is 0 Å². The summed E-state index contributed by atoms with van der Waals surface area (Å²) in [6.07, 6.45) is 6.76. The van der Waals surface area contributed by atoms with Gasteiger partial charge < -0.3 is 5.11 Å². The third-order valence-electron chi connectivity index (χ3n) is 3.59. The van der Waals surface area contributed by atoms with Crippen LogP contribution in [0.4, 0.5) is 0 Å². The fraction of sp³-hybridized carbons (Fsp3) is 0.538. The van der Waals surface area contributed by atoms with E-state index >= 15 is 0 Å². The molecule has 1 aromatic heterocycles. The first-order valence-corrected chi connectivity index (χ1v) is 9.44. The minimum Gasteiger partial charge on any atom is -0.478 e. The van der Waals surface area contributed by atoms with E-state index in [0.29, 0.717) is 5.25 Å². The molecule has 0 aliphatic heterocycles. The van der Waals surface area contributed by atoms with Gasteiger partial charge in [0.25, 0.3) is 10.0 Å². The molecule has 0 aromatic carbocycles. The number of pyridine rings is 1. The molecule has 116 valence electrons. The number of aromatic nitrogens is 1. The van der Waals surface area contributed by atoms with Crippen molar-refractivity contribution in [2.75, 3.05) is 6.26 Å². The molecule has 2 rings (SSSR count). The molecular weight excluding hydrogens is 312 g/mol. The molecule has 6 nitrogen and oxygen atoms in total. The predicted molar refractivity (Wildman–Crippen MR) is 81.1 cm³/mol. The van der Waals surface area contributed by atoms with Crippen molar-refractivity contribution in [2.45, 2.75) is 42.0 Å². The van der Waals surface area contributed by atoms with E-state index < -0.39 is 16.0 Å². The van der Waals surface area contributed by atoms with Gasteiger partial charge in [0, 0.05) is 17.5 Å². The number of aromatic carboxylic acids is 1. The molecule has 0 atom stereocenters. The maximum atomic E-state index is 12.2. The number of sulfonamides is 1. The Morgan fingerprint density at radius 2 is 2.00 bits per heavy atom. The maximum absolute atomic E-state index is 12.2. The summed E-state index contributed by atoms with van der Waals surface area (Å²) >= 11 is 1.82. The molecule has 1 saturated carbocycles. The maximum Gasteiger partial charge on any atom is 0.337 e. The number of thioether (sulfide) groups is 1. The number of hydrogen-bond acceptors (Lipinski definition) is 5. The Bertz CT molecular complexity index is 593. The molecule has 1 aliphatic carbocycles. The van der Waals surface area contributed by atoms with Crippen LogP contribution in [0.5, 0.6) is 0 Å². The highest BCUT2D eigenvalue weighted by molar-refractivity contribution is 7.99. The van der Waals surface area contributed by atoms with Crippen molar-refractivity contribution in [1.29, 1.82) is 0 Å². The summed E-state index contributed by atoms with van der Waals surface area (Å²) in [4.78, 5) is 14.5. The van der Waals surface area contributed by atoms with Crippen LogP contribution in [0.1, 0.15) is 36.0 Å². The van der Waals surface area contributed by atoms with Crippen molar-refractivity contribution in [3.8, 4) is 0 Å². The fourth-order valence-corrected chi connectivity index (χ4v) is 4.34. The topological polar surface area (TPSA) is 96.4 Å². The van der Waals surface area contributed by atoms with Gasteiger partial charge in [-0.25, -0.2) is 22.9 Å². The number of rotatable bonds is 5. The number of nitrogens with zero attached hydrogens (tertiary/aromatic N) is 1. The number of carboxylic acids is 1. The van der Waals surface area contributed by atoms with E-state index in [9.17, 15) is 13.2 Å². The molecule has 0 bridgehead atoms. The van der Waals surface area contributed by atoms with Crippen LogP contribution in [0, 0.1) is 0 Å². The van der Waals surface area contributed by atoms with Crippen molar-refractivity contribution < 1.29 is 18.3 Å². The second-order valence-corrected chi connectivity index (χ2v) is 7.82. The van der Waals surface area contributed by atoms with Crippen LogP contribution in [0.3, 0.4) is 0 Å². The lowest BCUT2D eigenvalue weighted by Gasteiger charge is -2.27. The molecule has 21 heavy (non-hydrogen) atoms. The molecule has 0 radical (unpaired) electrons. The Hall–Kier alpha value is -1.12. The van der Waals surface area contributed by atoms with Gasteiger partial charge >= 0.3 is 5.97 Å². The molecule has 0 saturated heterocycles. The van der Waals surface area contributed by atoms with Crippen molar-refractivity contribution in [3.05, 3.63) is 23.9 Å². The number of nitrogens with one attached hydrogen (secondary N) is 1. The molecule has 1 aromatic rings. The van der Waals surface area contributed by atoms with Crippen LogP contribution in [-0.4, -0.2) is 42.0 Å². The molecule has 0 amide bonds. The highest BCUT2D eigenvalue weighted by atomic mass is 32.2. The zero-order valence-electron chi connectivity index (χ0n) is 11.7. The SMILES string of the molecule is CSC1CCC(NS(=O)(=O)c2ccc(C(=O)O)cn2)CC1. The molecular formula is C13H18N2O4S2. The summed E-state index contributed by atoms with van der Waals surface area (Å²) in [6.45, 7) is 0. The van der Waals surface area contributed by atoms with Gasteiger partial charge in [0.15, 0.2) is 5.03 Å². The smallest absolute Gasteiger partial charge is 0.337 e. The summed E-state index contributed by atoms with van der Waals surface area (Å²) in [5, 5.41) is 9.25. The lowest BCUT2D eigenvalue weighted by Crippen LogP contribution is -2.38. The van der Waals surface area contributed by atoms with Gasteiger partial charge in [-0.1, -0.05) is 0 Å². The Morgan fingerprint density at radius 1 is 1.33 bits per heavy atom. The minimum atomic E-state index is -3.69. The Kier molecular flexibility index (Phi) is 5.23.